The molecule has 4 rings (SSSR count). The van der Waals surface area contributed by atoms with Gasteiger partial charge in [0.1, 0.15) is 0 Å². The Kier molecular flexibility index (Phi) is 5.11. The molecule has 0 atom stereocenters. The lowest BCUT2D eigenvalue weighted by atomic mass is 9.82. The fourth-order valence-corrected chi connectivity index (χ4v) is 3.77. The van der Waals surface area contributed by atoms with Crippen LogP contribution in [0.2, 0.25) is 0 Å². The Balaban J connectivity index is 0.000000410. The molecule has 2 aromatic rings. The minimum Gasteiger partial charge on any atom is -0.0683 e. The van der Waals surface area contributed by atoms with Crippen LogP contribution < -0.4 is 0 Å². The molecule has 0 saturated carbocycles. The van der Waals surface area contributed by atoms with E-state index >= 15 is 0 Å². The maximum absolute atomic E-state index is 2.48. The monoisotopic (exact) mass is 294 g/mol. The molecule has 0 N–H and O–H groups in total. The van der Waals surface area contributed by atoms with Crippen LogP contribution in [0.5, 0.6) is 0 Å². The highest BCUT2D eigenvalue weighted by Gasteiger charge is 2.36. The van der Waals surface area contributed by atoms with E-state index in [1.165, 1.54) is 41.5 Å². The average Bonchev–Trinajstić information content (AvgIpc) is 3.12. The largest absolute Gasteiger partial charge is 0.0683 e. The van der Waals surface area contributed by atoms with Crippen LogP contribution in [0.25, 0.3) is 11.1 Å². The highest BCUT2D eigenvalue weighted by Crippen LogP contribution is 2.49. The van der Waals surface area contributed by atoms with Crippen LogP contribution in [0.4, 0.5) is 0 Å². The summed E-state index contributed by atoms with van der Waals surface area (Å²) in [4.78, 5) is 0. The third kappa shape index (κ3) is 2.49. The summed E-state index contributed by atoms with van der Waals surface area (Å²) >= 11 is 0. The summed E-state index contributed by atoms with van der Waals surface area (Å²) in [6.45, 7) is 12.7. The number of fused-ring (bicyclic) bond motifs is 4. The second-order valence-corrected chi connectivity index (χ2v) is 6.19. The number of hydrogen-bond donors (Lipinski definition) is 0. The molecule has 0 heterocycles. The van der Waals surface area contributed by atoms with Crippen LogP contribution in [-0.2, 0) is 18.3 Å². The first-order valence-electron chi connectivity index (χ1n) is 8.94. The summed E-state index contributed by atoms with van der Waals surface area (Å²) in [6, 6.07) is 13.9. The summed E-state index contributed by atoms with van der Waals surface area (Å²) in [7, 11) is 0. The quantitative estimate of drug-likeness (QED) is 0.518. The van der Waals surface area contributed by atoms with Gasteiger partial charge >= 0.3 is 0 Å². The van der Waals surface area contributed by atoms with Gasteiger partial charge in [-0.25, -0.2) is 0 Å². The predicted octanol–water partition coefficient (Wildman–Crippen LogP) is 6.53. The van der Waals surface area contributed by atoms with Crippen molar-refractivity contribution in [2.45, 2.75) is 66.2 Å². The van der Waals surface area contributed by atoms with E-state index in [-0.39, 0.29) is 5.41 Å². The zero-order valence-electron chi connectivity index (χ0n) is 15.1. The maximum atomic E-state index is 2.48. The van der Waals surface area contributed by atoms with Crippen LogP contribution in [0, 0.1) is 0 Å². The van der Waals surface area contributed by atoms with Gasteiger partial charge in [-0.2, -0.15) is 0 Å². The Morgan fingerprint density at radius 1 is 0.727 bits per heavy atom. The van der Waals surface area contributed by atoms with Gasteiger partial charge in [0.2, 0.25) is 0 Å². The number of rotatable bonds is 0. The van der Waals surface area contributed by atoms with Gasteiger partial charge < -0.3 is 0 Å². The van der Waals surface area contributed by atoms with Gasteiger partial charge in [0.05, 0.1) is 0 Å². The summed E-state index contributed by atoms with van der Waals surface area (Å²) in [6.07, 6.45) is 3.88. The fourth-order valence-electron chi connectivity index (χ4n) is 3.77. The third-order valence-corrected chi connectivity index (χ3v) is 4.80. The highest BCUT2D eigenvalue weighted by atomic mass is 14.4. The maximum Gasteiger partial charge on any atom is 0.0158 e. The van der Waals surface area contributed by atoms with Crippen molar-refractivity contribution in [3.63, 3.8) is 0 Å². The smallest absolute Gasteiger partial charge is 0.0158 e. The van der Waals surface area contributed by atoms with Gasteiger partial charge in [0.25, 0.3) is 0 Å². The summed E-state index contributed by atoms with van der Waals surface area (Å²) in [5.41, 5.74) is 9.30. The molecule has 0 amide bonds. The van der Waals surface area contributed by atoms with Crippen LogP contribution in [0.1, 0.15) is 70.2 Å². The van der Waals surface area contributed by atoms with E-state index in [0.717, 1.165) is 0 Å². The lowest BCUT2D eigenvalue weighted by Gasteiger charge is -2.22. The standard InChI is InChI=1S/C18H18.2C2H6/c1-18(2)16-9-4-3-8-14(16)15-10-12-6-5-7-13(12)11-17(15)18;2*1-2/h3-4,8-11H,5-7H2,1-2H3;2*1-2H3. The Morgan fingerprint density at radius 2 is 1.32 bits per heavy atom. The normalized spacial score (nSPS) is 15.5. The molecule has 0 aliphatic heterocycles. The third-order valence-electron chi connectivity index (χ3n) is 4.80. The van der Waals surface area contributed by atoms with Crippen molar-refractivity contribution in [1.82, 2.24) is 0 Å². The SMILES string of the molecule is CC.CC.CC1(C)c2ccccc2-c2cc3c(cc21)CCC3. The molecule has 2 aliphatic rings. The molecule has 0 spiro atoms. The van der Waals surface area contributed by atoms with Crippen molar-refractivity contribution in [2.75, 3.05) is 0 Å². The van der Waals surface area contributed by atoms with Gasteiger partial charge in [-0.1, -0.05) is 77.9 Å². The summed E-state index contributed by atoms with van der Waals surface area (Å²) in [5.74, 6) is 0. The molecule has 0 saturated heterocycles. The first kappa shape index (κ1) is 16.8. The first-order chi connectivity index (χ1) is 10.7. The molecule has 0 fully saturated rings. The zero-order valence-corrected chi connectivity index (χ0v) is 15.1. The molecule has 0 aromatic heterocycles. The predicted molar refractivity (Wildman–Crippen MR) is 98.7 cm³/mol. The lowest BCUT2D eigenvalue weighted by Crippen LogP contribution is -2.15. The summed E-state index contributed by atoms with van der Waals surface area (Å²) < 4.78 is 0. The molecule has 0 radical (unpaired) electrons. The molecular formula is C22H30. The molecule has 2 aliphatic carbocycles. The Hall–Kier alpha value is -1.56. The van der Waals surface area contributed by atoms with Gasteiger partial charge in [-0.15, -0.1) is 0 Å². The topological polar surface area (TPSA) is 0 Å². The van der Waals surface area contributed by atoms with Crippen LogP contribution >= 0.6 is 0 Å². The molecular weight excluding hydrogens is 264 g/mol. The first-order valence-corrected chi connectivity index (χ1v) is 8.94. The number of hydrogen-bond acceptors (Lipinski definition) is 0. The van der Waals surface area contributed by atoms with E-state index in [4.69, 9.17) is 0 Å². The second kappa shape index (κ2) is 6.69. The van der Waals surface area contributed by atoms with Crippen molar-refractivity contribution in [2.24, 2.45) is 0 Å². The zero-order chi connectivity index (χ0) is 16.3. The Labute approximate surface area is 136 Å². The van der Waals surface area contributed by atoms with Gasteiger partial charge in [-0.05, 0) is 52.6 Å². The molecule has 22 heavy (non-hydrogen) atoms. The minimum absolute atomic E-state index is 0.170. The molecule has 0 heteroatoms. The van der Waals surface area contributed by atoms with Crippen molar-refractivity contribution >= 4 is 0 Å². The molecule has 0 nitrogen and oxygen atoms in total. The molecule has 2 aromatic carbocycles. The van der Waals surface area contributed by atoms with E-state index in [2.05, 4.69) is 50.2 Å². The lowest BCUT2D eigenvalue weighted by molar-refractivity contribution is 0.659. The number of aryl methyl sites for hydroxylation is 2. The van der Waals surface area contributed by atoms with E-state index < -0.39 is 0 Å². The van der Waals surface area contributed by atoms with E-state index in [0.29, 0.717) is 0 Å². The Morgan fingerprint density at radius 3 is 2.00 bits per heavy atom. The van der Waals surface area contributed by atoms with Crippen LogP contribution in [0.15, 0.2) is 36.4 Å². The van der Waals surface area contributed by atoms with Crippen LogP contribution in [0.3, 0.4) is 0 Å². The van der Waals surface area contributed by atoms with E-state index in [1.807, 2.05) is 27.7 Å². The Bertz CT molecular complexity index is 647. The van der Waals surface area contributed by atoms with Crippen molar-refractivity contribution < 1.29 is 0 Å². The van der Waals surface area contributed by atoms with Crippen molar-refractivity contribution in [1.29, 1.82) is 0 Å². The average molecular weight is 294 g/mol. The van der Waals surface area contributed by atoms with E-state index in [9.17, 15) is 0 Å². The van der Waals surface area contributed by atoms with E-state index in [1.54, 1.807) is 11.1 Å². The molecule has 0 bridgehead atoms. The fraction of sp³-hybridized carbons (Fsp3) is 0.455. The minimum atomic E-state index is 0.170. The van der Waals surface area contributed by atoms with Gasteiger partial charge in [-0.3, -0.25) is 0 Å². The molecule has 0 unspecified atom stereocenters. The van der Waals surface area contributed by atoms with Crippen molar-refractivity contribution in [3.05, 3.63) is 58.7 Å². The highest BCUT2D eigenvalue weighted by molar-refractivity contribution is 5.81. The van der Waals surface area contributed by atoms with Gasteiger partial charge in [0.15, 0.2) is 0 Å². The van der Waals surface area contributed by atoms with Gasteiger partial charge in [0, 0.05) is 5.41 Å². The number of benzene rings is 2. The second-order valence-electron chi connectivity index (χ2n) is 6.19. The molecule has 118 valence electrons. The summed E-state index contributed by atoms with van der Waals surface area (Å²) in [5, 5.41) is 0. The van der Waals surface area contributed by atoms with Crippen LogP contribution in [-0.4, -0.2) is 0 Å². The van der Waals surface area contributed by atoms with Crippen molar-refractivity contribution in [3.8, 4) is 11.1 Å².